The fourth-order valence-corrected chi connectivity index (χ4v) is 2.82. The normalized spacial score (nSPS) is 20.3. The molecule has 0 N–H and O–H groups in total. The van der Waals surface area contributed by atoms with Crippen LogP contribution in [0, 0.1) is 5.92 Å². The molecular formula is C16H17BrN2O2. The molecule has 110 valence electrons. The van der Waals surface area contributed by atoms with Gasteiger partial charge in [-0.3, -0.25) is 9.78 Å². The summed E-state index contributed by atoms with van der Waals surface area (Å²) in [6.07, 6.45) is 4.43. The Kier molecular flexibility index (Phi) is 3.85. The van der Waals surface area contributed by atoms with Crippen LogP contribution in [0.25, 0.3) is 0 Å². The molecule has 3 rings (SSSR count). The van der Waals surface area contributed by atoms with Crippen LogP contribution >= 0.6 is 15.9 Å². The van der Waals surface area contributed by atoms with Crippen molar-refractivity contribution < 1.29 is 9.21 Å². The largest absolute Gasteiger partial charge is 0.464 e. The zero-order valence-corrected chi connectivity index (χ0v) is 13.6. The first kappa shape index (κ1) is 14.3. The van der Waals surface area contributed by atoms with Crippen molar-refractivity contribution in [2.75, 3.05) is 7.05 Å². The van der Waals surface area contributed by atoms with Crippen molar-refractivity contribution in [2.45, 2.75) is 25.8 Å². The molecule has 2 aromatic rings. The van der Waals surface area contributed by atoms with Crippen LogP contribution in [0.3, 0.4) is 0 Å². The predicted molar refractivity (Wildman–Crippen MR) is 83.0 cm³/mol. The van der Waals surface area contributed by atoms with Gasteiger partial charge in [-0.2, -0.15) is 0 Å². The summed E-state index contributed by atoms with van der Waals surface area (Å²) in [7, 11) is 1.77. The topological polar surface area (TPSA) is 46.3 Å². The van der Waals surface area contributed by atoms with E-state index in [2.05, 4.69) is 27.8 Å². The smallest absolute Gasteiger partial charge is 0.255 e. The molecule has 2 atom stereocenters. The minimum atomic E-state index is -0.0680. The highest BCUT2D eigenvalue weighted by Gasteiger charge is 2.36. The van der Waals surface area contributed by atoms with E-state index in [0.29, 0.717) is 18.0 Å². The number of furan rings is 1. The summed E-state index contributed by atoms with van der Waals surface area (Å²) in [5, 5.41) is 0. The summed E-state index contributed by atoms with van der Waals surface area (Å²) in [6.45, 7) is 2.69. The number of rotatable bonds is 4. The summed E-state index contributed by atoms with van der Waals surface area (Å²) in [5.74, 6) is 3.08. The first-order valence-corrected chi connectivity index (χ1v) is 7.78. The lowest BCUT2D eigenvalue weighted by Crippen LogP contribution is -2.26. The van der Waals surface area contributed by atoms with Crippen LogP contribution < -0.4 is 0 Å². The monoisotopic (exact) mass is 348 g/mol. The number of amides is 1. The third kappa shape index (κ3) is 3.18. The quantitative estimate of drug-likeness (QED) is 0.843. The Morgan fingerprint density at radius 1 is 1.48 bits per heavy atom. The minimum Gasteiger partial charge on any atom is -0.464 e. The number of carbonyl (C=O) groups is 1. The summed E-state index contributed by atoms with van der Waals surface area (Å²) >= 11 is 3.33. The van der Waals surface area contributed by atoms with E-state index in [4.69, 9.17) is 4.42 Å². The van der Waals surface area contributed by atoms with Crippen LogP contribution in [0.5, 0.6) is 0 Å². The van der Waals surface area contributed by atoms with Crippen molar-refractivity contribution in [3.05, 3.63) is 52.1 Å². The van der Waals surface area contributed by atoms with Gasteiger partial charge in [-0.25, -0.2) is 0 Å². The standard InChI is InChI=1S/C16H17BrN2O2/c1-10-5-14(10)15-4-3-13(21-15)9-19(2)16(20)11-6-12(17)8-18-7-11/h3-4,6-8,10,14H,5,9H2,1-2H3. The van der Waals surface area contributed by atoms with E-state index in [0.717, 1.165) is 21.9 Å². The third-order valence-corrected chi connectivity index (χ3v) is 4.28. The molecule has 0 bridgehead atoms. The van der Waals surface area contributed by atoms with Crippen LogP contribution in [-0.2, 0) is 6.54 Å². The van der Waals surface area contributed by atoms with Gasteiger partial charge in [0.1, 0.15) is 11.5 Å². The minimum absolute atomic E-state index is 0.0680. The van der Waals surface area contributed by atoms with E-state index in [1.807, 2.05) is 12.1 Å². The SMILES string of the molecule is CC1CC1c1ccc(CN(C)C(=O)c2cncc(Br)c2)o1. The van der Waals surface area contributed by atoms with E-state index < -0.39 is 0 Å². The first-order chi connectivity index (χ1) is 10.0. The molecule has 2 aromatic heterocycles. The molecule has 0 saturated heterocycles. The van der Waals surface area contributed by atoms with Crippen LogP contribution in [0.1, 0.15) is 41.1 Å². The maximum atomic E-state index is 12.3. The molecule has 1 aliphatic rings. The van der Waals surface area contributed by atoms with Crippen molar-refractivity contribution in [1.82, 2.24) is 9.88 Å². The number of nitrogens with zero attached hydrogens (tertiary/aromatic N) is 2. The third-order valence-electron chi connectivity index (χ3n) is 3.85. The van der Waals surface area contributed by atoms with Crippen molar-refractivity contribution in [3.8, 4) is 0 Å². The lowest BCUT2D eigenvalue weighted by Gasteiger charge is -2.15. The van der Waals surface area contributed by atoms with Crippen molar-refractivity contribution >= 4 is 21.8 Å². The van der Waals surface area contributed by atoms with Gasteiger partial charge in [-0.15, -0.1) is 0 Å². The van der Waals surface area contributed by atoms with E-state index in [1.54, 1.807) is 30.4 Å². The van der Waals surface area contributed by atoms with Gasteiger partial charge in [0.15, 0.2) is 0 Å². The van der Waals surface area contributed by atoms with Gasteiger partial charge in [0, 0.05) is 29.8 Å². The molecule has 2 heterocycles. The lowest BCUT2D eigenvalue weighted by atomic mass is 10.2. The molecule has 0 aliphatic heterocycles. The fraction of sp³-hybridized carbons (Fsp3) is 0.375. The molecule has 0 spiro atoms. The number of carbonyl (C=O) groups excluding carboxylic acids is 1. The molecule has 4 nitrogen and oxygen atoms in total. The molecule has 5 heteroatoms. The lowest BCUT2D eigenvalue weighted by molar-refractivity contribution is 0.0774. The predicted octanol–water partition coefficient (Wildman–Crippen LogP) is 3.83. The van der Waals surface area contributed by atoms with Crippen LogP contribution in [0.4, 0.5) is 0 Å². The molecule has 0 aromatic carbocycles. The zero-order chi connectivity index (χ0) is 15.0. The van der Waals surface area contributed by atoms with Gasteiger partial charge in [0.2, 0.25) is 0 Å². The van der Waals surface area contributed by atoms with Gasteiger partial charge in [0.25, 0.3) is 5.91 Å². The van der Waals surface area contributed by atoms with Gasteiger partial charge in [-0.05, 0) is 46.5 Å². The Morgan fingerprint density at radius 2 is 2.24 bits per heavy atom. The fourth-order valence-electron chi connectivity index (χ4n) is 2.45. The summed E-state index contributed by atoms with van der Waals surface area (Å²) in [5.41, 5.74) is 0.564. The Balaban J connectivity index is 1.66. The average Bonchev–Trinajstić information content (AvgIpc) is 3.01. The number of aromatic nitrogens is 1. The van der Waals surface area contributed by atoms with Gasteiger partial charge in [-0.1, -0.05) is 6.92 Å². The highest BCUT2D eigenvalue weighted by Crippen LogP contribution is 2.47. The Labute approximate surface area is 132 Å². The molecule has 21 heavy (non-hydrogen) atoms. The van der Waals surface area contributed by atoms with Gasteiger partial charge in [0.05, 0.1) is 12.1 Å². The number of halogens is 1. The number of pyridine rings is 1. The maximum absolute atomic E-state index is 12.3. The summed E-state index contributed by atoms with van der Waals surface area (Å²) < 4.78 is 6.64. The zero-order valence-electron chi connectivity index (χ0n) is 12.0. The van der Waals surface area contributed by atoms with Crippen LogP contribution in [-0.4, -0.2) is 22.8 Å². The van der Waals surface area contributed by atoms with E-state index >= 15 is 0 Å². The van der Waals surface area contributed by atoms with Crippen LogP contribution in [0.15, 0.2) is 39.5 Å². The highest BCUT2D eigenvalue weighted by molar-refractivity contribution is 9.10. The van der Waals surface area contributed by atoms with E-state index in [-0.39, 0.29) is 5.91 Å². The molecule has 1 fully saturated rings. The molecule has 0 radical (unpaired) electrons. The van der Waals surface area contributed by atoms with E-state index in [1.165, 1.54) is 6.42 Å². The second kappa shape index (κ2) is 5.64. The maximum Gasteiger partial charge on any atom is 0.255 e. The second-order valence-electron chi connectivity index (χ2n) is 5.68. The summed E-state index contributed by atoms with van der Waals surface area (Å²) in [4.78, 5) is 18.0. The van der Waals surface area contributed by atoms with Gasteiger partial charge >= 0.3 is 0 Å². The van der Waals surface area contributed by atoms with Crippen molar-refractivity contribution in [1.29, 1.82) is 0 Å². The highest BCUT2D eigenvalue weighted by atomic mass is 79.9. The van der Waals surface area contributed by atoms with E-state index in [9.17, 15) is 4.79 Å². The molecule has 1 aliphatic carbocycles. The van der Waals surface area contributed by atoms with Gasteiger partial charge < -0.3 is 9.32 Å². The molecular weight excluding hydrogens is 332 g/mol. The number of hydrogen-bond donors (Lipinski definition) is 0. The second-order valence-corrected chi connectivity index (χ2v) is 6.59. The number of hydrogen-bond acceptors (Lipinski definition) is 3. The average molecular weight is 349 g/mol. The summed E-state index contributed by atoms with van der Waals surface area (Å²) in [6, 6.07) is 5.76. The Bertz CT molecular complexity index is 668. The van der Waals surface area contributed by atoms with Crippen LogP contribution in [0.2, 0.25) is 0 Å². The molecule has 2 unspecified atom stereocenters. The molecule has 1 saturated carbocycles. The van der Waals surface area contributed by atoms with Crippen molar-refractivity contribution in [2.24, 2.45) is 5.92 Å². The first-order valence-electron chi connectivity index (χ1n) is 6.99. The van der Waals surface area contributed by atoms with Crippen molar-refractivity contribution in [3.63, 3.8) is 0 Å². The Morgan fingerprint density at radius 3 is 2.90 bits per heavy atom. The molecule has 1 amide bonds. The Hall–Kier alpha value is -1.62.